The van der Waals surface area contributed by atoms with Crippen LogP contribution in [0, 0.1) is 0 Å². The normalized spacial score (nSPS) is 14.9. The zero-order valence-electron chi connectivity index (χ0n) is 24.7. The summed E-state index contributed by atoms with van der Waals surface area (Å²) in [5.74, 6) is 0.104. The molecule has 0 saturated carbocycles. The number of hydrogen-bond acceptors (Lipinski definition) is 6. The van der Waals surface area contributed by atoms with E-state index in [4.69, 9.17) is 26.1 Å². The fourth-order valence-electron chi connectivity index (χ4n) is 5.76. The summed E-state index contributed by atoms with van der Waals surface area (Å²) in [5.41, 5.74) is 4.58. The first-order chi connectivity index (χ1) is 21.4. The van der Waals surface area contributed by atoms with Crippen LogP contribution in [-0.2, 0) is 16.1 Å². The number of fused-ring (bicyclic) bond motifs is 2. The monoisotopic (exact) mass is 625 g/mol. The molecule has 6 rings (SSSR count). The molecule has 1 atom stereocenters. The topological polar surface area (TPSA) is 74.8 Å². The molecule has 3 aromatic carbocycles. The lowest BCUT2D eigenvalue weighted by Gasteiger charge is -2.26. The Bertz CT molecular complexity index is 2070. The molecular weight excluding hydrogens is 594 g/mol. The van der Waals surface area contributed by atoms with Gasteiger partial charge in [0.25, 0.3) is 5.56 Å². The van der Waals surface area contributed by atoms with Crippen molar-refractivity contribution in [1.82, 2.24) is 9.13 Å². The molecule has 7 nitrogen and oxygen atoms in total. The minimum absolute atomic E-state index is 0.213. The number of rotatable bonds is 9. The quantitative estimate of drug-likeness (QED) is 0.182. The first-order valence-electron chi connectivity index (χ1n) is 14.6. The SMILES string of the molecule is CCCC1=C(C(=O)OCC)[C@H](c2ccccc2OC)n2c(s/c(=C/c3cn(Cc4ccc(Cl)cc4)c4ccccc34)c2=O)=N1. The summed E-state index contributed by atoms with van der Waals surface area (Å²) < 4.78 is 15.6. The summed E-state index contributed by atoms with van der Waals surface area (Å²) in [6, 6.07) is 22.7. The molecule has 2 aromatic heterocycles. The highest BCUT2D eigenvalue weighted by Gasteiger charge is 2.35. The van der Waals surface area contributed by atoms with Gasteiger partial charge in [0, 0.05) is 39.8 Å². The standard InChI is InChI=1S/C35H32ClN3O4S/c1-4-10-27-31(34(41)43-5-2)32(26-12-7-9-14-29(26)42-3)39-33(40)30(44-35(39)37-27)19-23-21-38(28-13-8-6-11-25(23)28)20-22-15-17-24(36)18-16-22/h6-9,11-19,21,32H,4-5,10,20H2,1-3H3/b30-19+/t32-/m0/s1. The average molecular weight is 626 g/mol. The molecule has 0 spiro atoms. The lowest BCUT2D eigenvalue weighted by molar-refractivity contribution is -0.139. The van der Waals surface area contributed by atoms with Crippen LogP contribution >= 0.6 is 22.9 Å². The molecule has 1 aliphatic heterocycles. The third-order valence-electron chi connectivity index (χ3n) is 7.70. The van der Waals surface area contributed by atoms with Crippen molar-refractivity contribution < 1.29 is 14.3 Å². The molecule has 1 aliphatic rings. The van der Waals surface area contributed by atoms with Crippen molar-refractivity contribution in [3.8, 4) is 5.75 Å². The number of allylic oxidation sites excluding steroid dienone is 1. The summed E-state index contributed by atoms with van der Waals surface area (Å²) in [5, 5.41) is 1.73. The molecule has 0 bridgehead atoms. The first kappa shape index (κ1) is 29.7. The number of carbonyl (C=O) groups is 1. The molecule has 5 aromatic rings. The molecule has 0 N–H and O–H groups in total. The van der Waals surface area contributed by atoms with Crippen LogP contribution in [0.25, 0.3) is 17.0 Å². The molecule has 0 amide bonds. The maximum atomic E-state index is 14.3. The Labute approximate surface area is 264 Å². The van der Waals surface area contributed by atoms with Gasteiger partial charge in [-0.05, 0) is 49.2 Å². The smallest absolute Gasteiger partial charge is 0.338 e. The van der Waals surface area contributed by atoms with Crippen LogP contribution in [0.2, 0.25) is 5.02 Å². The van der Waals surface area contributed by atoms with Crippen molar-refractivity contribution in [2.24, 2.45) is 4.99 Å². The maximum Gasteiger partial charge on any atom is 0.338 e. The Morgan fingerprint density at radius 2 is 1.80 bits per heavy atom. The van der Waals surface area contributed by atoms with Gasteiger partial charge in [-0.15, -0.1) is 0 Å². The van der Waals surface area contributed by atoms with E-state index in [-0.39, 0.29) is 12.2 Å². The maximum absolute atomic E-state index is 14.3. The molecule has 224 valence electrons. The number of carbonyl (C=O) groups excluding carboxylic acids is 1. The highest BCUT2D eigenvalue weighted by Crippen LogP contribution is 2.37. The molecule has 0 unspecified atom stereocenters. The lowest BCUT2D eigenvalue weighted by Crippen LogP contribution is -2.40. The van der Waals surface area contributed by atoms with Crippen LogP contribution in [0.15, 0.2) is 100 Å². The Morgan fingerprint density at radius 3 is 2.55 bits per heavy atom. The molecule has 0 radical (unpaired) electrons. The van der Waals surface area contributed by atoms with Gasteiger partial charge in [-0.3, -0.25) is 9.36 Å². The van der Waals surface area contributed by atoms with Gasteiger partial charge < -0.3 is 14.0 Å². The number of halogens is 1. The second kappa shape index (κ2) is 12.7. The number of thiazole rings is 1. The number of ether oxygens (including phenoxy) is 2. The van der Waals surface area contributed by atoms with Gasteiger partial charge in [-0.1, -0.05) is 84.8 Å². The van der Waals surface area contributed by atoms with Gasteiger partial charge in [0.2, 0.25) is 0 Å². The Kier molecular flexibility index (Phi) is 8.55. The molecule has 44 heavy (non-hydrogen) atoms. The Morgan fingerprint density at radius 1 is 1.05 bits per heavy atom. The summed E-state index contributed by atoms with van der Waals surface area (Å²) in [4.78, 5) is 33.2. The summed E-state index contributed by atoms with van der Waals surface area (Å²) in [6.07, 6.45) is 5.35. The second-order valence-corrected chi connectivity index (χ2v) is 12.0. The van der Waals surface area contributed by atoms with E-state index in [9.17, 15) is 9.59 Å². The third-order valence-corrected chi connectivity index (χ3v) is 8.93. The minimum atomic E-state index is -0.739. The van der Waals surface area contributed by atoms with Crippen molar-refractivity contribution in [2.45, 2.75) is 39.3 Å². The van der Waals surface area contributed by atoms with Gasteiger partial charge in [-0.2, -0.15) is 0 Å². The van der Waals surface area contributed by atoms with E-state index in [0.717, 1.165) is 28.5 Å². The number of para-hydroxylation sites is 2. The highest BCUT2D eigenvalue weighted by molar-refractivity contribution is 7.07. The predicted octanol–water partition coefficient (Wildman–Crippen LogP) is 6.24. The summed E-state index contributed by atoms with van der Waals surface area (Å²) in [7, 11) is 1.59. The molecule has 0 saturated heterocycles. The number of esters is 1. The van der Waals surface area contributed by atoms with Gasteiger partial charge in [0.1, 0.15) is 11.8 Å². The highest BCUT2D eigenvalue weighted by atomic mass is 35.5. The summed E-state index contributed by atoms with van der Waals surface area (Å²) in [6.45, 7) is 4.68. The fraction of sp³-hybridized carbons (Fsp3) is 0.229. The third kappa shape index (κ3) is 5.51. The zero-order valence-corrected chi connectivity index (χ0v) is 26.3. The zero-order chi connectivity index (χ0) is 30.8. The molecule has 9 heteroatoms. The second-order valence-electron chi connectivity index (χ2n) is 10.5. The molecule has 0 fully saturated rings. The van der Waals surface area contributed by atoms with E-state index in [2.05, 4.69) is 22.9 Å². The van der Waals surface area contributed by atoms with Crippen LogP contribution in [0.1, 0.15) is 49.4 Å². The molecule has 0 aliphatic carbocycles. The van der Waals surface area contributed by atoms with Gasteiger partial charge in [0.05, 0.1) is 29.5 Å². The lowest BCUT2D eigenvalue weighted by atomic mass is 9.93. The average Bonchev–Trinajstić information content (AvgIpc) is 3.54. The van der Waals surface area contributed by atoms with Gasteiger partial charge in [-0.25, -0.2) is 9.79 Å². The minimum Gasteiger partial charge on any atom is -0.496 e. The fourth-order valence-corrected chi connectivity index (χ4v) is 6.89. The van der Waals surface area contributed by atoms with Gasteiger partial charge >= 0.3 is 5.97 Å². The van der Waals surface area contributed by atoms with E-state index in [1.807, 2.05) is 73.7 Å². The number of benzene rings is 3. The van der Waals surface area contributed by atoms with Gasteiger partial charge in [0.15, 0.2) is 4.80 Å². The van der Waals surface area contributed by atoms with Crippen molar-refractivity contribution in [2.75, 3.05) is 13.7 Å². The summed E-state index contributed by atoms with van der Waals surface area (Å²) >= 11 is 7.44. The van der Waals surface area contributed by atoms with E-state index in [1.54, 1.807) is 18.6 Å². The van der Waals surface area contributed by atoms with E-state index in [0.29, 0.717) is 49.9 Å². The van der Waals surface area contributed by atoms with Crippen molar-refractivity contribution in [1.29, 1.82) is 0 Å². The van der Waals surface area contributed by atoms with E-state index in [1.165, 1.54) is 11.3 Å². The largest absolute Gasteiger partial charge is 0.496 e. The van der Waals surface area contributed by atoms with Crippen LogP contribution in [0.5, 0.6) is 5.75 Å². The number of nitrogens with zero attached hydrogens (tertiary/aromatic N) is 3. The van der Waals surface area contributed by atoms with Crippen LogP contribution in [0.3, 0.4) is 0 Å². The Hall–Kier alpha value is -4.40. The number of aromatic nitrogens is 2. The molecule has 3 heterocycles. The van der Waals surface area contributed by atoms with E-state index >= 15 is 0 Å². The first-order valence-corrected chi connectivity index (χ1v) is 15.8. The number of methoxy groups -OCH3 is 1. The Balaban J connectivity index is 1.55. The van der Waals surface area contributed by atoms with Crippen LogP contribution < -0.4 is 19.6 Å². The van der Waals surface area contributed by atoms with E-state index < -0.39 is 12.0 Å². The van der Waals surface area contributed by atoms with Crippen LogP contribution in [-0.4, -0.2) is 28.8 Å². The number of hydrogen-bond donors (Lipinski definition) is 0. The molecular formula is C35H32ClN3O4S. The van der Waals surface area contributed by atoms with Crippen molar-refractivity contribution in [3.63, 3.8) is 0 Å². The van der Waals surface area contributed by atoms with Crippen molar-refractivity contribution in [3.05, 3.63) is 132 Å². The van der Waals surface area contributed by atoms with Crippen molar-refractivity contribution >= 4 is 45.9 Å². The predicted molar refractivity (Wildman–Crippen MR) is 175 cm³/mol. The van der Waals surface area contributed by atoms with Crippen LogP contribution in [0.4, 0.5) is 0 Å².